The van der Waals surface area contributed by atoms with Gasteiger partial charge in [-0.05, 0) is 39.5 Å². The van der Waals surface area contributed by atoms with Crippen LogP contribution in [0.3, 0.4) is 0 Å². The van der Waals surface area contributed by atoms with Crippen LogP contribution in [0.1, 0.15) is 52.9 Å². The largest absolute Gasteiger partial charge is 0.383 e. The predicted octanol–water partition coefficient (Wildman–Crippen LogP) is 1.02. The van der Waals surface area contributed by atoms with Crippen LogP contribution in [0.5, 0.6) is 0 Å². The van der Waals surface area contributed by atoms with E-state index >= 15 is 0 Å². The molecule has 2 N–H and O–H groups in total. The molecule has 0 aromatic carbocycles. The summed E-state index contributed by atoms with van der Waals surface area (Å²) in [6.45, 7) is 8.29. The Bertz CT molecular complexity index is 861. The first-order chi connectivity index (χ1) is 14.4. The summed E-state index contributed by atoms with van der Waals surface area (Å²) in [5, 5.41) is 0. The van der Waals surface area contributed by atoms with Crippen LogP contribution >= 0.6 is 0 Å². The third kappa shape index (κ3) is 4.40. The van der Waals surface area contributed by atoms with Crippen LogP contribution in [0.4, 0.5) is 11.5 Å². The Morgan fingerprint density at radius 1 is 1.10 bits per heavy atom. The van der Waals surface area contributed by atoms with Gasteiger partial charge in [0.15, 0.2) is 0 Å². The van der Waals surface area contributed by atoms with Gasteiger partial charge in [0.1, 0.15) is 18.1 Å². The lowest BCUT2D eigenvalue weighted by Crippen LogP contribution is -2.52. The van der Waals surface area contributed by atoms with Crippen LogP contribution < -0.4 is 21.9 Å². The number of aromatic nitrogens is 2. The summed E-state index contributed by atoms with van der Waals surface area (Å²) >= 11 is 0. The standard InChI is InChI=1S/C21H35N5O4/c1-4-5-9-24-19(22)18(23-10-12-30-13-11-23)20(28)25(21(24)29)14-17(27)26-15(2)7-6-8-16(26)3/h15-16H,4-14,22H2,1-3H3/t15-,16-/m1/s1. The molecule has 1 aromatic heterocycles. The minimum absolute atomic E-state index is 0.103. The number of rotatable bonds is 6. The van der Waals surface area contributed by atoms with Gasteiger partial charge in [-0.3, -0.25) is 14.2 Å². The minimum atomic E-state index is -0.506. The zero-order valence-electron chi connectivity index (χ0n) is 18.4. The second kappa shape index (κ2) is 9.68. The van der Waals surface area contributed by atoms with E-state index in [0.717, 1.165) is 36.7 Å². The quantitative estimate of drug-likeness (QED) is 0.736. The SMILES string of the molecule is CCCCn1c(N)c(N2CCOCC2)c(=O)n(CC(=O)N2[C@H](C)CCC[C@H]2C)c1=O. The molecule has 0 bridgehead atoms. The first kappa shape index (κ1) is 22.4. The fourth-order valence-electron chi connectivity index (χ4n) is 4.59. The maximum Gasteiger partial charge on any atom is 0.333 e. The Morgan fingerprint density at radius 3 is 2.33 bits per heavy atom. The molecule has 30 heavy (non-hydrogen) atoms. The fraction of sp³-hybridized carbons (Fsp3) is 0.762. The minimum Gasteiger partial charge on any atom is -0.383 e. The number of carbonyl (C=O) groups is 1. The molecule has 1 aromatic rings. The smallest absolute Gasteiger partial charge is 0.333 e. The van der Waals surface area contributed by atoms with Crippen molar-refractivity contribution in [2.75, 3.05) is 36.9 Å². The number of nitrogens with two attached hydrogens (primary N) is 1. The summed E-state index contributed by atoms with van der Waals surface area (Å²) < 4.78 is 7.92. The second-order valence-electron chi connectivity index (χ2n) is 8.44. The van der Waals surface area contributed by atoms with Crippen LogP contribution in [0.2, 0.25) is 0 Å². The van der Waals surface area contributed by atoms with Gasteiger partial charge in [0, 0.05) is 31.7 Å². The summed E-state index contributed by atoms with van der Waals surface area (Å²) in [5.74, 6) is -0.00241. The lowest BCUT2D eigenvalue weighted by molar-refractivity contribution is -0.138. The van der Waals surface area contributed by atoms with Crippen LogP contribution in [-0.2, 0) is 22.6 Å². The van der Waals surface area contributed by atoms with Gasteiger partial charge < -0.3 is 20.3 Å². The number of amides is 1. The Kier molecular flexibility index (Phi) is 7.23. The normalized spacial score (nSPS) is 22.4. The van der Waals surface area contributed by atoms with Crippen molar-refractivity contribution in [1.82, 2.24) is 14.0 Å². The van der Waals surface area contributed by atoms with Gasteiger partial charge in [-0.2, -0.15) is 0 Å². The molecule has 0 radical (unpaired) electrons. The molecule has 2 aliphatic rings. The van der Waals surface area contributed by atoms with Crippen molar-refractivity contribution in [1.29, 1.82) is 0 Å². The van der Waals surface area contributed by atoms with Crippen LogP contribution in [0, 0.1) is 0 Å². The highest BCUT2D eigenvalue weighted by Gasteiger charge is 2.31. The molecule has 2 saturated heterocycles. The van der Waals surface area contributed by atoms with Gasteiger partial charge in [0.05, 0.1) is 13.2 Å². The molecular weight excluding hydrogens is 386 g/mol. The average Bonchev–Trinajstić information content (AvgIpc) is 2.72. The van der Waals surface area contributed by atoms with Crippen molar-refractivity contribution >= 4 is 17.4 Å². The second-order valence-corrected chi connectivity index (χ2v) is 8.44. The van der Waals surface area contributed by atoms with Gasteiger partial charge >= 0.3 is 5.69 Å². The van der Waals surface area contributed by atoms with Crippen LogP contribution in [-0.4, -0.2) is 58.3 Å². The van der Waals surface area contributed by atoms with Gasteiger partial charge in [0.25, 0.3) is 5.56 Å². The van der Waals surface area contributed by atoms with Gasteiger partial charge in [0.2, 0.25) is 5.91 Å². The Balaban J connectivity index is 2.02. The van der Waals surface area contributed by atoms with Crippen molar-refractivity contribution in [3.63, 3.8) is 0 Å². The number of unbranched alkanes of at least 4 members (excludes halogenated alkanes) is 1. The number of likely N-dealkylation sites (tertiary alicyclic amines) is 1. The molecule has 0 aliphatic carbocycles. The summed E-state index contributed by atoms with van der Waals surface area (Å²) in [7, 11) is 0. The van der Waals surface area contributed by atoms with Crippen molar-refractivity contribution < 1.29 is 9.53 Å². The van der Waals surface area contributed by atoms with E-state index in [2.05, 4.69) is 0 Å². The molecular formula is C21H35N5O4. The number of anilines is 2. The average molecular weight is 422 g/mol. The predicted molar refractivity (Wildman–Crippen MR) is 117 cm³/mol. The first-order valence-electron chi connectivity index (χ1n) is 11.1. The summed E-state index contributed by atoms with van der Waals surface area (Å²) in [4.78, 5) is 43.3. The Labute approximate surface area is 177 Å². The number of piperidine rings is 1. The highest BCUT2D eigenvalue weighted by molar-refractivity contribution is 5.77. The Morgan fingerprint density at radius 2 is 1.73 bits per heavy atom. The highest BCUT2D eigenvalue weighted by atomic mass is 16.5. The van der Waals surface area contributed by atoms with E-state index in [4.69, 9.17) is 10.5 Å². The van der Waals surface area contributed by atoms with Crippen molar-refractivity contribution in [3.05, 3.63) is 20.8 Å². The van der Waals surface area contributed by atoms with Crippen LogP contribution in [0.25, 0.3) is 0 Å². The van der Waals surface area contributed by atoms with E-state index in [1.165, 1.54) is 4.57 Å². The number of nitrogen functional groups attached to an aromatic ring is 1. The molecule has 2 atom stereocenters. The van der Waals surface area contributed by atoms with E-state index < -0.39 is 11.2 Å². The monoisotopic (exact) mass is 421 g/mol. The molecule has 3 heterocycles. The lowest BCUT2D eigenvalue weighted by Gasteiger charge is -2.39. The molecule has 0 spiro atoms. The summed E-state index contributed by atoms with van der Waals surface area (Å²) in [5.41, 5.74) is 5.63. The van der Waals surface area contributed by atoms with E-state index in [-0.39, 0.29) is 30.4 Å². The number of morpholine rings is 1. The van der Waals surface area contributed by atoms with E-state index in [1.807, 2.05) is 30.6 Å². The van der Waals surface area contributed by atoms with E-state index in [9.17, 15) is 14.4 Å². The van der Waals surface area contributed by atoms with Gasteiger partial charge in [-0.15, -0.1) is 0 Å². The van der Waals surface area contributed by atoms with Crippen molar-refractivity contribution in [2.24, 2.45) is 0 Å². The number of ether oxygens (including phenoxy) is 1. The van der Waals surface area contributed by atoms with Crippen molar-refractivity contribution in [2.45, 2.75) is 78.0 Å². The number of hydrogen-bond acceptors (Lipinski definition) is 6. The zero-order chi connectivity index (χ0) is 21.8. The molecule has 3 rings (SSSR count). The molecule has 0 unspecified atom stereocenters. The fourth-order valence-corrected chi connectivity index (χ4v) is 4.59. The lowest BCUT2D eigenvalue weighted by atomic mass is 9.97. The molecule has 0 saturated carbocycles. The van der Waals surface area contributed by atoms with Gasteiger partial charge in [-0.1, -0.05) is 13.3 Å². The van der Waals surface area contributed by atoms with Crippen molar-refractivity contribution in [3.8, 4) is 0 Å². The maximum absolute atomic E-state index is 13.3. The summed E-state index contributed by atoms with van der Waals surface area (Å²) in [6, 6.07) is 0.207. The van der Waals surface area contributed by atoms with Gasteiger partial charge in [-0.25, -0.2) is 9.36 Å². The highest BCUT2D eigenvalue weighted by Crippen LogP contribution is 2.23. The molecule has 9 nitrogen and oxygen atoms in total. The molecule has 1 amide bonds. The third-order valence-corrected chi connectivity index (χ3v) is 6.28. The third-order valence-electron chi connectivity index (χ3n) is 6.28. The van der Waals surface area contributed by atoms with E-state index in [0.29, 0.717) is 38.5 Å². The number of nitrogens with zero attached hydrogens (tertiary/aromatic N) is 4. The zero-order valence-corrected chi connectivity index (χ0v) is 18.4. The number of hydrogen-bond donors (Lipinski definition) is 1. The topological polar surface area (TPSA) is 103 Å². The first-order valence-corrected chi connectivity index (χ1v) is 11.1. The molecule has 168 valence electrons. The van der Waals surface area contributed by atoms with E-state index in [1.54, 1.807) is 0 Å². The summed E-state index contributed by atoms with van der Waals surface area (Å²) in [6.07, 6.45) is 4.61. The molecule has 9 heteroatoms. The molecule has 2 fully saturated rings. The Hall–Kier alpha value is -2.29. The number of carbonyl (C=O) groups excluding carboxylic acids is 1. The van der Waals surface area contributed by atoms with Crippen LogP contribution in [0.15, 0.2) is 9.59 Å². The maximum atomic E-state index is 13.3. The molecule has 2 aliphatic heterocycles.